The first kappa shape index (κ1) is 13.7. The van der Waals surface area contributed by atoms with Gasteiger partial charge in [-0.1, -0.05) is 0 Å². The van der Waals surface area contributed by atoms with Crippen LogP contribution in [0.15, 0.2) is 35.1 Å². The number of hydrogen-bond acceptors (Lipinski definition) is 7. The summed E-state index contributed by atoms with van der Waals surface area (Å²) in [5, 5.41) is 21.2. The molecule has 1 saturated heterocycles. The highest BCUT2D eigenvalue weighted by atomic mass is 16.3. The second-order valence-corrected chi connectivity index (χ2v) is 6.64. The van der Waals surface area contributed by atoms with Gasteiger partial charge < -0.3 is 14.6 Å². The van der Waals surface area contributed by atoms with Crippen molar-refractivity contribution < 1.29 is 4.42 Å². The molecule has 7 heteroatoms. The Morgan fingerprint density at radius 1 is 1.12 bits per heavy atom. The summed E-state index contributed by atoms with van der Waals surface area (Å²) in [6, 6.07) is 6.11. The number of aromatic nitrogens is 4. The van der Waals surface area contributed by atoms with Gasteiger partial charge in [0.1, 0.15) is 0 Å². The molecule has 0 aromatic carbocycles. The third kappa shape index (κ3) is 2.46. The van der Waals surface area contributed by atoms with E-state index < -0.39 is 0 Å². The molecule has 1 aliphatic heterocycles. The molecule has 0 bridgehead atoms. The van der Waals surface area contributed by atoms with Crippen LogP contribution in [-0.4, -0.2) is 40.0 Å². The molecule has 7 nitrogen and oxygen atoms in total. The molecular formula is C17H18N6O. The van der Waals surface area contributed by atoms with Crippen molar-refractivity contribution in [2.75, 3.05) is 29.9 Å². The van der Waals surface area contributed by atoms with Crippen LogP contribution < -0.4 is 10.2 Å². The molecule has 2 aliphatic rings. The molecule has 0 atom stereocenters. The van der Waals surface area contributed by atoms with Crippen molar-refractivity contribution in [2.24, 2.45) is 5.92 Å². The minimum atomic E-state index is 0.557. The minimum Gasteiger partial charge on any atom is -0.460 e. The summed E-state index contributed by atoms with van der Waals surface area (Å²) in [6.07, 6.45) is 5.89. The number of nitrogens with zero attached hydrogens (tertiary/aromatic N) is 5. The largest absolute Gasteiger partial charge is 0.460 e. The van der Waals surface area contributed by atoms with E-state index in [1.165, 1.54) is 12.8 Å². The van der Waals surface area contributed by atoms with Gasteiger partial charge in [0.05, 0.1) is 18.2 Å². The Labute approximate surface area is 139 Å². The minimum absolute atomic E-state index is 0.557. The molecule has 0 spiro atoms. The average Bonchev–Trinajstić information content (AvgIpc) is 3.31. The van der Waals surface area contributed by atoms with Gasteiger partial charge in [0.15, 0.2) is 17.2 Å². The molecule has 2 fully saturated rings. The Hall–Kier alpha value is -2.70. The molecule has 5 rings (SSSR count). The maximum atomic E-state index is 5.47. The summed E-state index contributed by atoms with van der Waals surface area (Å²) in [5.74, 6) is 2.90. The van der Waals surface area contributed by atoms with Gasteiger partial charge in [0.2, 0.25) is 0 Å². The van der Waals surface area contributed by atoms with Gasteiger partial charge in [-0.05, 0) is 31.0 Å². The highest BCUT2D eigenvalue weighted by Gasteiger charge is 2.29. The molecular weight excluding hydrogens is 304 g/mol. The smallest absolute Gasteiger partial charge is 0.192 e. The summed E-state index contributed by atoms with van der Waals surface area (Å²) in [5.41, 5.74) is 1.91. The lowest BCUT2D eigenvalue weighted by atomic mass is 10.0. The van der Waals surface area contributed by atoms with Crippen molar-refractivity contribution in [3.63, 3.8) is 0 Å². The Balaban J connectivity index is 1.17. The lowest BCUT2D eigenvalue weighted by Crippen LogP contribution is -2.50. The normalized spacial score (nSPS) is 17.9. The molecule has 0 unspecified atom stereocenters. The summed E-state index contributed by atoms with van der Waals surface area (Å²) < 4.78 is 5.47. The van der Waals surface area contributed by atoms with E-state index >= 15 is 0 Å². The Morgan fingerprint density at radius 3 is 2.83 bits per heavy atom. The predicted octanol–water partition coefficient (Wildman–Crippen LogP) is 2.44. The second-order valence-electron chi connectivity index (χ2n) is 6.64. The van der Waals surface area contributed by atoms with Crippen molar-refractivity contribution >= 4 is 22.6 Å². The van der Waals surface area contributed by atoms with Crippen LogP contribution in [0, 0.1) is 5.92 Å². The van der Waals surface area contributed by atoms with Crippen LogP contribution in [0.2, 0.25) is 0 Å². The third-order valence-electron chi connectivity index (χ3n) is 4.77. The van der Waals surface area contributed by atoms with Crippen LogP contribution >= 0.6 is 0 Å². The number of fused-ring (bicyclic) bond motifs is 1. The van der Waals surface area contributed by atoms with E-state index in [4.69, 9.17) is 4.42 Å². The quantitative estimate of drug-likeness (QED) is 0.772. The first-order chi connectivity index (χ1) is 11.9. The van der Waals surface area contributed by atoms with E-state index in [0.29, 0.717) is 17.7 Å². The highest BCUT2D eigenvalue weighted by molar-refractivity contribution is 5.85. The molecule has 1 N–H and O–H groups in total. The van der Waals surface area contributed by atoms with Crippen molar-refractivity contribution in [3.05, 3.63) is 36.4 Å². The van der Waals surface area contributed by atoms with Crippen LogP contribution in [0.1, 0.15) is 24.5 Å². The maximum absolute atomic E-state index is 5.47. The second kappa shape index (κ2) is 5.43. The summed E-state index contributed by atoms with van der Waals surface area (Å²) in [6.45, 7) is 2.80. The molecule has 24 heavy (non-hydrogen) atoms. The number of anilines is 2. The summed E-state index contributed by atoms with van der Waals surface area (Å²) in [4.78, 5) is 2.26. The molecule has 1 aliphatic carbocycles. The molecule has 0 radical (unpaired) electrons. The van der Waals surface area contributed by atoms with Crippen LogP contribution in [0.3, 0.4) is 0 Å². The van der Waals surface area contributed by atoms with E-state index in [2.05, 4.69) is 42.7 Å². The monoisotopic (exact) mass is 322 g/mol. The van der Waals surface area contributed by atoms with Crippen molar-refractivity contribution in [1.82, 2.24) is 20.4 Å². The van der Waals surface area contributed by atoms with Gasteiger partial charge in [-0.2, -0.15) is 10.2 Å². The fourth-order valence-electron chi connectivity index (χ4n) is 3.15. The Morgan fingerprint density at radius 2 is 2.04 bits per heavy atom. The molecule has 4 heterocycles. The lowest BCUT2D eigenvalue weighted by Gasteiger charge is -2.40. The SMILES string of the molecule is c1cc2cnnc(NCC3CN(c4ccc(C5CC5)nn4)C3)c2o1. The van der Waals surface area contributed by atoms with Gasteiger partial charge in [0, 0.05) is 36.9 Å². The molecule has 0 amide bonds. The number of nitrogens with one attached hydrogen (secondary N) is 1. The van der Waals surface area contributed by atoms with Crippen LogP contribution in [0.4, 0.5) is 11.6 Å². The van der Waals surface area contributed by atoms with E-state index in [1.807, 2.05) is 6.07 Å². The highest BCUT2D eigenvalue weighted by Crippen LogP contribution is 2.39. The van der Waals surface area contributed by atoms with Crippen LogP contribution in [0.5, 0.6) is 0 Å². The zero-order valence-corrected chi connectivity index (χ0v) is 13.2. The van der Waals surface area contributed by atoms with Crippen molar-refractivity contribution in [3.8, 4) is 0 Å². The Bertz CT molecular complexity index is 851. The van der Waals surface area contributed by atoms with E-state index in [1.54, 1.807) is 12.5 Å². The van der Waals surface area contributed by atoms with E-state index in [0.717, 1.165) is 42.1 Å². The predicted molar refractivity (Wildman–Crippen MR) is 90.0 cm³/mol. The Kier molecular flexibility index (Phi) is 3.11. The van der Waals surface area contributed by atoms with Crippen LogP contribution in [0.25, 0.3) is 11.0 Å². The summed E-state index contributed by atoms with van der Waals surface area (Å²) >= 11 is 0. The van der Waals surface area contributed by atoms with E-state index in [-0.39, 0.29) is 0 Å². The molecule has 3 aromatic heterocycles. The number of rotatable bonds is 5. The van der Waals surface area contributed by atoms with E-state index in [9.17, 15) is 0 Å². The fraction of sp³-hybridized carbons (Fsp3) is 0.412. The average molecular weight is 322 g/mol. The van der Waals surface area contributed by atoms with Gasteiger partial charge in [-0.3, -0.25) is 0 Å². The standard InChI is InChI=1S/C17H18N6O/c1-2-12(1)14-3-4-15(21-20-14)23-9-11(10-23)7-18-17-16-13(5-6-24-16)8-19-22-17/h3-6,8,11-12H,1-2,7,9-10H2,(H,18,22). The van der Waals surface area contributed by atoms with Crippen LogP contribution in [-0.2, 0) is 0 Å². The first-order valence-electron chi connectivity index (χ1n) is 8.38. The number of furan rings is 1. The fourth-order valence-corrected chi connectivity index (χ4v) is 3.15. The zero-order chi connectivity index (χ0) is 15.9. The summed E-state index contributed by atoms with van der Waals surface area (Å²) in [7, 11) is 0. The van der Waals surface area contributed by atoms with Gasteiger partial charge in [-0.25, -0.2) is 0 Å². The van der Waals surface area contributed by atoms with Gasteiger partial charge in [0.25, 0.3) is 0 Å². The van der Waals surface area contributed by atoms with Crippen molar-refractivity contribution in [1.29, 1.82) is 0 Å². The molecule has 122 valence electrons. The lowest BCUT2D eigenvalue weighted by molar-refractivity contribution is 0.424. The topological polar surface area (TPSA) is 80.0 Å². The van der Waals surface area contributed by atoms with Gasteiger partial charge >= 0.3 is 0 Å². The third-order valence-corrected chi connectivity index (χ3v) is 4.77. The maximum Gasteiger partial charge on any atom is 0.192 e. The zero-order valence-electron chi connectivity index (χ0n) is 13.2. The molecule has 1 saturated carbocycles. The molecule has 3 aromatic rings. The van der Waals surface area contributed by atoms with Crippen molar-refractivity contribution in [2.45, 2.75) is 18.8 Å². The first-order valence-corrected chi connectivity index (χ1v) is 8.38. The number of hydrogen-bond donors (Lipinski definition) is 1. The van der Waals surface area contributed by atoms with Gasteiger partial charge in [-0.15, -0.1) is 10.2 Å².